The van der Waals surface area contributed by atoms with Crippen LogP contribution in [0.25, 0.3) is 10.9 Å². The van der Waals surface area contributed by atoms with Crippen molar-refractivity contribution >= 4 is 34.9 Å². The van der Waals surface area contributed by atoms with Crippen molar-refractivity contribution in [3.63, 3.8) is 0 Å². The van der Waals surface area contributed by atoms with E-state index >= 15 is 0 Å². The highest BCUT2D eigenvalue weighted by Gasteiger charge is 2.22. The molecule has 0 saturated carbocycles. The summed E-state index contributed by atoms with van der Waals surface area (Å²) in [4.78, 5) is 8.65. The lowest BCUT2D eigenvalue weighted by atomic mass is 9.92. The lowest BCUT2D eigenvalue weighted by Crippen LogP contribution is -2.34. The van der Waals surface area contributed by atoms with Crippen LogP contribution in [0.15, 0.2) is 48.7 Å². The predicted molar refractivity (Wildman–Crippen MR) is 132 cm³/mol. The van der Waals surface area contributed by atoms with E-state index in [0.717, 1.165) is 68.8 Å². The average molecular weight is 476 g/mol. The number of hydrogen-bond acceptors (Lipinski definition) is 5. The maximum atomic E-state index is 6.15. The third kappa shape index (κ3) is 6.79. The van der Waals surface area contributed by atoms with E-state index < -0.39 is 0 Å². The molecule has 0 aliphatic carbocycles. The molecule has 0 amide bonds. The molecule has 0 radical (unpaired) electrons. The Morgan fingerprint density at radius 1 is 1.03 bits per heavy atom. The van der Waals surface area contributed by atoms with Gasteiger partial charge in [-0.15, -0.1) is 12.4 Å². The number of aromatic nitrogens is 2. The highest BCUT2D eigenvalue weighted by Crippen LogP contribution is 2.33. The average Bonchev–Trinajstić information content (AvgIpc) is 2.81. The number of hydrogen-bond donors (Lipinski definition) is 1. The Balaban J connectivity index is 0.000000193. The maximum absolute atomic E-state index is 6.15. The number of ether oxygens (including phenoxy) is 2. The molecule has 3 aromatic rings. The van der Waals surface area contributed by atoms with Crippen LogP contribution in [0.3, 0.4) is 0 Å². The molecule has 0 bridgehead atoms. The van der Waals surface area contributed by atoms with Gasteiger partial charge in [-0.2, -0.15) is 0 Å². The number of pyridine rings is 2. The number of halogens is 2. The molecule has 32 heavy (non-hydrogen) atoms. The van der Waals surface area contributed by atoms with E-state index in [9.17, 15) is 0 Å². The summed E-state index contributed by atoms with van der Waals surface area (Å²) >= 11 is 5.75. The Morgan fingerprint density at radius 3 is 2.59 bits per heavy atom. The van der Waals surface area contributed by atoms with Gasteiger partial charge in [0.2, 0.25) is 5.88 Å². The second-order valence-corrected chi connectivity index (χ2v) is 8.57. The molecule has 2 aliphatic heterocycles. The third-order valence-electron chi connectivity index (χ3n) is 5.84. The Hall–Kier alpha value is -1.92. The second-order valence-electron chi connectivity index (χ2n) is 8.18. The molecule has 0 unspecified atom stereocenters. The van der Waals surface area contributed by atoms with Gasteiger partial charge in [0, 0.05) is 30.4 Å². The van der Waals surface area contributed by atoms with Crippen molar-refractivity contribution in [2.24, 2.45) is 0 Å². The minimum Gasteiger partial charge on any atom is -0.474 e. The molecule has 1 N–H and O–H groups in total. The van der Waals surface area contributed by atoms with E-state index in [1.165, 1.54) is 11.1 Å². The number of aryl methyl sites for hydroxylation is 1. The van der Waals surface area contributed by atoms with Crippen LogP contribution < -0.4 is 10.1 Å². The number of fused-ring (bicyclic) bond motifs is 1. The quantitative estimate of drug-likeness (QED) is 0.490. The van der Waals surface area contributed by atoms with Gasteiger partial charge in [0.1, 0.15) is 11.3 Å². The molecule has 172 valence electrons. The first-order valence-electron chi connectivity index (χ1n) is 11.1. The lowest BCUT2D eigenvalue weighted by Gasteiger charge is -2.27. The van der Waals surface area contributed by atoms with Gasteiger partial charge in [0.05, 0.1) is 5.52 Å². The Morgan fingerprint density at radius 2 is 1.81 bits per heavy atom. The maximum Gasteiger partial charge on any atom is 0.217 e. The first-order valence-corrected chi connectivity index (χ1v) is 11.5. The van der Waals surface area contributed by atoms with E-state index in [1.807, 2.05) is 36.5 Å². The Labute approximate surface area is 201 Å². The summed E-state index contributed by atoms with van der Waals surface area (Å²) in [6.07, 6.45) is 6.45. The molecule has 2 saturated heterocycles. The van der Waals surface area contributed by atoms with E-state index in [-0.39, 0.29) is 12.4 Å². The highest BCUT2D eigenvalue weighted by molar-refractivity contribution is 6.29. The fraction of sp³-hybridized carbons (Fsp3) is 0.440. The normalized spacial score (nSPS) is 17.2. The van der Waals surface area contributed by atoms with Crippen molar-refractivity contribution in [1.29, 1.82) is 0 Å². The second kappa shape index (κ2) is 12.4. The molecule has 1 aromatic carbocycles. The topological polar surface area (TPSA) is 56.3 Å². The number of rotatable bonds is 3. The van der Waals surface area contributed by atoms with Crippen molar-refractivity contribution in [3.05, 3.63) is 64.9 Å². The monoisotopic (exact) mass is 475 g/mol. The van der Waals surface area contributed by atoms with Crippen molar-refractivity contribution in [2.75, 3.05) is 26.3 Å². The summed E-state index contributed by atoms with van der Waals surface area (Å²) < 4.78 is 11.6. The fourth-order valence-electron chi connectivity index (χ4n) is 4.11. The first kappa shape index (κ1) is 24.7. The zero-order valence-corrected chi connectivity index (χ0v) is 20.0. The smallest absolute Gasteiger partial charge is 0.217 e. The fourth-order valence-corrected chi connectivity index (χ4v) is 4.27. The highest BCUT2D eigenvalue weighted by atomic mass is 35.5. The minimum atomic E-state index is 0. The van der Waals surface area contributed by atoms with Crippen LogP contribution in [0.4, 0.5) is 0 Å². The first-order chi connectivity index (χ1) is 15.2. The minimum absolute atomic E-state index is 0. The molecule has 4 heterocycles. The number of nitrogens with one attached hydrogen (secondary N) is 1. The van der Waals surface area contributed by atoms with Crippen molar-refractivity contribution in [1.82, 2.24) is 15.3 Å². The molecule has 2 aromatic heterocycles. The standard InChI is InChI=1S/C15H22N2O2.C10H8ClN.ClH/c1-2-14(12-5-10-18-11-6-12)15(17-7-1)19-13-3-8-16-9-4-13;1-7-2-4-9-8(6-7)3-5-10(11)12-9;/h1-2,7,12-13,16H,3-6,8-11H2;2-6H,1H3;1H. The number of piperidine rings is 1. The van der Waals surface area contributed by atoms with Crippen LogP contribution in [0.2, 0.25) is 5.15 Å². The van der Waals surface area contributed by atoms with Crippen molar-refractivity contribution < 1.29 is 9.47 Å². The molecule has 7 heteroatoms. The molecule has 2 fully saturated rings. The zero-order chi connectivity index (χ0) is 21.5. The molecule has 5 nitrogen and oxygen atoms in total. The van der Waals surface area contributed by atoms with Crippen LogP contribution in [0.1, 0.15) is 42.7 Å². The number of benzene rings is 1. The Bertz CT molecular complexity index is 949. The van der Waals surface area contributed by atoms with Gasteiger partial charge in [-0.3, -0.25) is 0 Å². The van der Waals surface area contributed by atoms with Gasteiger partial charge in [0.15, 0.2) is 0 Å². The van der Waals surface area contributed by atoms with Crippen molar-refractivity contribution in [2.45, 2.75) is 44.6 Å². The molecular weight excluding hydrogens is 445 g/mol. The summed E-state index contributed by atoms with van der Waals surface area (Å²) in [5.74, 6) is 1.39. The molecule has 5 rings (SSSR count). The van der Waals surface area contributed by atoms with Gasteiger partial charge in [-0.25, -0.2) is 9.97 Å². The van der Waals surface area contributed by atoms with Crippen LogP contribution >= 0.6 is 24.0 Å². The largest absolute Gasteiger partial charge is 0.474 e. The summed E-state index contributed by atoms with van der Waals surface area (Å²) in [5.41, 5.74) is 3.46. The van der Waals surface area contributed by atoms with E-state index in [1.54, 1.807) is 0 Å². The summed E-state index contributed by atoms with van der Waals surface area (Å²) in [7, 11) is 0. The van der Waals surface area contributed by atoms with E-state index in [0.29, 0.717) is 17.2 Å². The van der Waals surface area contributed by atoms with Gasteiger partial charge in [0.25, 0.3) is 0 Å². The zero-order valence-electron chi connectivity index (χ0n) is 18.4. The van der Waals surface area contributed by atoms with Gasteiger partial charge in [-0.05, 0) is 81.9 Å². The third-order valence-corrected chi connectivity index (χ3v) is 6.05. The SMILES string of the molecule is Cc1ccc2nc(Cl)ccc2c1.Cl.c1cnc(OC2CCNCC2)c(C2CCOCC2)c1. The van der Waals surface area contributed by atoms with Crippen LogP contribution in [-0.4, -0.2) is 42.4 Å². The van der Waals surface area contributed by atoms with Gasteiger partial charge >= 0.3 is 0 Å². The molecule has 0 atom stereocenters. The molecular formula is C25H31Cl2N3O2. The predicted octanol–water partition coefficient (Wildman–Crippen LogP) is 5.72. The van der Waals surface area contributed by atoms with Gasteiger partial charge < -0.3 is 14.8 Å². The Kier molecular flexibility index (Phi) is 9.54. The lowest BCUT2D eigenvalue weighted by molar-refractivity contribution is 0.0832. The van der Waals surface area contributed by atoms with E-state index in [4.69, 9.17) is 21.1 Å². The van der Waals surface area contributed by atoms with E-state index in [2.05, 4.69) is 34.3 Å². The van der Waals surface area contributed by atoms with Crippen LogP contribution in [0, 0.1) is 6.92 Å². The van der Waals surface area contributed by atoms with Crippen LogP contribution in [0.5, 0.6) is 5.88 Å². The molecule has 0 spiro atoms. The molecule has 2 aliphatic rings. The van der Waals surface area contributed by atoms with Crippen molar-refractivity contribution in [3.8, 4) is 5.88 Å². The summed E-state index contributed by atoms with van der Waals surface area (Å²) in [6.45, 7) is 5.86. The summed E-state index contributed by atoms with van der Waals surface area (Å²) in [5, 5.41) is 5.05. The number of nitrogens with zero attached hydrogens (tertiary/aromatic N) is 2. The van der Waals surface area contributed by atoms with Crippen LogP contribution in [-0.2, 0) is 4.74 Å². The summed E-state index contributed by atoms with van der Waals surface area (Å²) in [6, 6.07) is 14.1. The van der Waals surface area contributed by atoms with Gasteiger partial charge in [-0.1, -0.05) is 29.3 Å².